The highest BCUT2D eigenvalue weighted by atomic mass is 16.8. The average Bonchev–Trinajstić information content (AvgIpc) is 1.40. The van der Waals surface area contributed by atoms with E-state index in [9.17, 15) is 61.0 Å². The number of hydrogen-bond acceptors (Lipinski definition) is 18. The number of nitrogens with one attached hydrogen (secondary N) is 1. The molecule has 512 valence electrons. The number of carbonyl (C=O) groups excluding carboxylic acids is 1. The van der Waals surface area contributed by atoms with Gasteiger partial charge in [0.1, 0.15) is 73.2 Å². The van der Waals surface area contributed by atoms with E-state index in [-0.39, 0.29) is 18.9 Å². The minimum Gasteiger partial charge on any atom is -0.394 e. The van der Waals surface area contributed by atoms with Crippen molar-refractivity contribution in [2.24, 2.45) is 0 Å². The Morgan fingerprint density at radius 3 is 1.21 bits per heavy atom. The van der Waals surface area contributed by atoms with Gasteiger partial charge in [-0.25, -0.2) is 0 Å². The van der Waals surface area contributed by atoms with Crippen LogP contribution in [0.25, 0.3) is 0 Å². The number of aliphatic hydroxyl groups excluding tert-OH is 11. The van der Waals surface area contributed by atoms with Gasteiger partial charge in [0.05, 0.1) is 38.6 Å². The van der Waals surface area contributed by atoms with Crippen LogP contribution in [0.2, 0.25) is 0 Å². The number of hydrogen-bond donors (Lipinski definition) is 12. The molecule has 0 saturated carbocycles. The Labute approximate surface area is 533 Å². The first-order chi connectivity index (χ1) is 43.3. The lowest BCUT2D eigenvalue weighted by Crippen LogP contribution is -2.66. The summed E-state index contributed by atoms with van der Waals surface area (Å²) in [6.07, 6.45) is 39.5. The fraction of sp³-hybridized carbons (Fsp3) is 0.757. The molecule has 17 unspecified atom stereocenters. The van der Waals surface area contributed by atoms with Gasteiger partial charge in [-0.15, -0.1) is 0 Å². The highest BCUT2D eigenvalue weighted by Gasteiger charge is 2.53. The van der Waals surface area contributed by atoms with E-state index in [1.165, 1.54) is 64.2 Å². The molecule has 19 heteroatoms. The van der Waals surface area contributed by atoms with Crippen molar-refractivity contribution in [1.29, 1.82) is 0 Å². The molecular formula is C70H119NO18. The van der Waals surface area contributed by atoms with Gasteiger partial charge in [0, 0.05) is 6.42 Å². The van der Waals surface area contributed by atoms with Gasteiger partial charge >= 0.3 is 0 Å². The van der Waals surface area contributed by atoms with Crippen molar-refractivity contribution in [2.75, 3.05) is 26.4 Å². The van der Waals surface area contributed by atoms with Crippen molar-refractivity contribution in [2.45, 2.75) is 311 Å². The van der Waals surface area contributed by atoms with Gasteiger partial charge in [-0.2, -0.15) is 0 Å². The Hall–Kier alpha value is -3.29. The lowest BCUT2D eigenvalue weighted by atomic mass is 9.96. The lowest BCUT2D eigenvalue weighted by molar-refractivity contribution is -0.379. The van der Waals surface area contributed by atoms with Crippen LogP contribution < -0.4 is 5.32 Å². The van der Waals surface area contributed by atoms with Gasteiger partial charge in [-0.1, -0.05) is 220 Å². The zero-order chi connectivity index (χ0) is 64.7. The van der Waals surface area contributed by atoms with E-state index in [2.05, 4.69) is 116 Å². The first kappa shape index (κ1) is 79.9. The van der Waals surface area contributed by atoms with Crippen LogP contribution >= 0.6 is 0 Å². The van der Waals surface area contributed by atoms with Crippen molar-refractivity contribution in [3.05, 3.63) is 97.2 Å². The van der Waals surface area contributed by atoms with E-state index in [1.54, 1.807) is 0 Å². The largest absolute Gasteiger partial charge is 0.394 e. The van der Waals surface area contributed by atoms with Gasteiger partial charge in [0.2, 0.25) is 5.91 Å². The topological polar surface area (TPSA) is 307 Å². The van der Waals surface area contributed by atoms with Crippen LogP contribution in [0.4, 0.5) is 0 Å². The zero-order valence-corrected chi connectivity index (χ0v) is 53.9. The predicted molar refractivity (Wildman–Crippen MR) is 346 cm³/mol. The molecule has 3 aliphatic heterocycles. The predicted octanol–water partition coefficient (Wildman–Crippen LogP) is 8.49. The van der Waals surface area contributed by atoms with Crippen molar-refractivity contribution in [1.82, 2.24) is 5.32 Å². The second-order valence-electron chi connectivity index (χ2n) is 23.9. The first-order valence-corrected chi connectivity index (χ1v) is 34.0. The van der Waals surface area contributed by atoms with Crippen LogP contribution in [0.3, 0.4) is 0 Å². The number of unbranched alkanes of at least 4 members (excludes halogenated alkanes) is 18. The monoisotopic (exact) mass is 1260 g/mol. The lowest BCUT2D eigenvalue weighted by Gasteiger charge is -2.48. The molecule has 0 spiro atoms. The molecule has 0 aromatic carbocycles. The van der Waals surface area contributed by atoms with E-state index in [0.29, 0.717) is 12.8 Å². The van der Waals surface area contributed by atoms with Gasteiger partial charge < -0.3 is 89.9 Å². The van der Waals surface area contributed by atoms with Crippen LogP contribution in [0.15, 0.2) is 97.2 Å². The smallest absolute Gasteiger partial charge is 0.220 e. The summed E-state index contributed by atoms with van der Waals surface area (Å²) in [7, 11) is 0. The quantitative estimate of drug-likeness (QED) is 0.0201. The molecule has 12 N–H and O–H groups in total. The molecule has 3 aliphatic rings. The van der Waals surface area contributed by atoms with Gasteiger partial charge in [0.25, 0.3) is 0 Å². The van der Waals surface area contributed by atoms with Crippen molar-refractivity contribution >= 4 is 5.91 Å². The molecule has 1 amide bonds. The molecule has 0 radical (unpaired) electrons. The molecule has 3 fully saturated rings. The van der Waals surface area contributed by atoms with E-state index >= 15 is 0 Å². The van der Waals surface area contributed by atoms with Gasteiger partial charge in [-0.05, 0) is 77.0 Å². The summed E-state index contributed by atoms with van der Waals surface area (Å²) >= 11 is 0. The highest BCUT2D eigenvalue weighted by molar-refractivity contribution is 5.76. The minimum atomic E-state index is -1.98. The Kier molecular flexibility index (Phi) is 46.0. The number of aliphatic hydroxyl groups is 11. The maximum Gasteiger partial charge on any atom is 0.220 e. The number of rotatable bonds is 50. The molecule has 0 aromatic heterocycles. The van der Waals surface area contributed by atoms with Gasteiger partial charge in [0.15, 0.2) is 18.9 Å². The third-order valence-electron chi connectivity index (χ3n) is 16.4. The van der Waals surface area contributed by atoms with E-state index in [1.807, 2.05) is 0 Å². The fourth-order valence-electron chi connectivity index (χ4n) is 10.9. The van der Waals surface area contributed by atoms with E-state index < -0.39 is 124 Å². The summed E-state index contributed by atoms with van der Waals surface area (Å²) in [6, 6.07) is -0.893. The first-order valence-electron chi connectivity index (χ1n) is 34.0. The Bertz CT molecular complexity index is 1990. The van der Waals surface area contributed by atoms with E-state index in [0.717, 1.165) is 109 Å². The van der Waals surface area contributed by atoms with Crippen molar-refractivity contribution in [3.63, 3.8) is 0 Å². The maximum atomic E-state index is 13.4. The van der Waals surface area contributed by atoms with Crippen LogP contribution in [0.1, 0.15) is 206 Å². The highest BCUT2D eigenvalue weighted by Crippen LogP contribution is 2.33. The molecule has 19 nitrogen and oxygen atoms in total. The molecule has 3 heterocycles. The SMILES string of the molecule is CC/C=C\C/C=C\C/C=C\C/C=C\C/C=C\C/C=C\C/C=C\C/C=C\CCCCCCCCCCCCC(=O)NC(COC1OC(CO)C(OC2OC(CO)C(OC3OC(CO)C(O)C(O)C3O)C(O)C2O)C(O)C1O)C(O)CCCCCCCCCCC. The molecule has 17 atom stereocenters. The maximum absolute atomic E-state index is 13.4. The number of carbonyl (C=O) groups is 1. The van der Waals surface area contributed by atoms with Crippen LogP contribution in [0.5, 0.6) is 0 Å². The summed E-state index contributed by atoms with van der Waals surface area (Å²) in [5.74, 6) is -0.255. The minimum absolute atomic E-state index is 0.255. The third kappa shape index (κ3) is 33.4. The molecule has 0 bridgehead atoms. The third-order valence-corrected chi connectivity index (χ3v) is 16.4. The Morgan fingerprint density at radius 2 is 0.775 bits per heavy atom. The fourth-order valence-corrected chi connectivity index (χ4v) is 10.9. The normalized spacial score (nSPS) is 28.8. The molecule has 3 rings (SSSR count). The summed E-state index contributed by atoms with van der Waals surface area (Å²) in [6.45, 7) is 1.62. The molecule has 0 aromatic rings. The van der Waals surface area contributed by atoms with Crippen molar-refractivity contribution < 1.29 is 89.4 Å². The summed E-state index contributed by atoms with van der Waals surface area (Å²) in [5.41, 5.74) is 0. The number of allylic oxidation sites excluding steroid dienone is 16. The van der Waals surface area contributed by atoms with Gasteiger partial charge in [-0.3, -0.25) is 4.79 Å². The van der Waals surface area contributed by atoms with Crippen molar-refractivity contribution in [3.8, 4) is 0 Å². The van der Waals surface area contributed by atoms with E-state index in [4.69, 9.17) is 28.4 Å². The van der Waals surface area contributed by atoms with Crippen LogP contribution in [-0.2, 0) is 33.2 Å². The number of amides is 1. The molecule has 3 saturated heterocycles. The molecular weight excluding hydrogens is 1140 g/mol. The zero-order valence-electron chi connectivity index (χ0n) is 53.9. The number of ether oxygens (including phenoxy) is 6. The molecule has 0 aliphatic carbocycles. The standard InChI is InChI=1S/C70H119NO18/c1-3-5-7-9-11-13-14-15-16-17-18-19-20-21-22-23-24-25-26-27-28-29-30-31-32-33-34-35-36-37-38-40-42-44-46-48-58(76)71-53(54(75)47-45-43-41-39-12-10-8-6-4-2)52-84-68-64(82)61(79)66(56(50-73)86-68)89-70-65(83)62(80)67(57(51-74)87-70)88-69-63(81)60(78)59(77)55(49-72)85-69/h5,7,11,13,15-16,18-19,21-22,24-25,27-28,30-31,53-57,59-70,72-75,77-83H,3-4,6,8-10,12,14,17,20,23,26,29,32-52H2,1-2H3,(H,71,76)/b7-5-,13-11-,16-15-,19-18-,22-21-,25-24-,28-27-,31-30-. The van der Waals surface area contributed by atoms with Crippen LogP contribution in [0, 0.1) is 0 Å². The second-order valence-corrected chi connectivity index (χ2v) is 23.9. The summed E-state index contributed by atoms with van der Waals surface area (Å²) in [4.78, 5) is 13.4. The Morgan fingerprint density at radius 1 is 0.416 bits per heavy atom. The summed E-state index contributed by atoms with van der Waals surface area (Å²) in [5, 5.41) is 120. The molecule has 89 heavy (non-hydrogen) atoms. The Balaban J connectivity index is 1.33. The van der Waals surface area contributed by atoms with Crippen LogP contribution in [-0.4, -0.2) is 193 Å². The average molecular weight is 1260 g/mol. The summed E-state index contributed by atoms with van der Waals surface area (Å²) < 4.78 is 34.3. The second kappa shape index (κ2) is 51.2.